The van der Waals surface area contributed by atoms with E-state index >= 15 is 0 Å². The topological polar surface area (TPSA) is 47.6 Å². The molecule has 0 unspecified atom stereocenters. The molecular formula is C11H13ClF3NO3. The molecule has 0 aliphatic heterocycles. The van der Waals surface area contributed by atoms with E-state index in [1.54, 1.807) is 7.05 Å². The Morgan fingerprint density at radius 3 is 2.32 bits per heavy atom. The largest absolute Gasteiger partial charge is 0.573 e. The highest BCUT2D eigenvalue weighted by atomic mass is 35.5. The fourth-order valence-corrected chi connectivity index (χ4v) is 1.12. The van der Waals surface area contributed by atoms with Crippen LogP contribution in [0.5, 0.6) is 5.75 Å². The van der Waals surface area contributed by atoms with Gasteiger partial charge in [-0.1, -0.05) is 0 Å². The molecule has 0 aliphatic rings. The van der Waals surface area contributed by atoms with Crippen molar-refractivity contribution in [3.8, 4) is 5.75 Å². The van der Waals surface area contributed by atoms with E-state index in [1.165, 1.54) is 12.1 Å². The van der Waals surface area contributed by atoms with Gasteiger partial charge in [-0.25, -0.2) is 4.79 Å². The van der Waals surface area contributed by atoms with Crippen molar-refractivity contribution in [1.29, 1.82) is 0 Å². The summed E-state index contributed by atoms with van der Waals surface area (Å²) >= 11 is 0. The summed E-state index contributed by atoms with van der Waals surface area (Å²) in [6.07, 6.45) is -4.74. The zero-order valence-electron chi connectivity index (χ0n) is 9.99. The molecule has 19 heavy (non-hydrogen) atoms. The van der Waals surface area contributed by atoms with Gasteiger partial charge in [-0.15, -0.1) is 25.6 Å². The van der Waals surface area contributed by atoms with Crippen molar-refractivity contribution in [3.63, 3.8) is 0 Å². The maximum atomic E-state index is 11.9. The third-order valence-corrected chi connectivity index (χ3v) is 1.91. The zero-order chi connectivity index (χ0) is 13.6. The Labute approximate surface area is 114 Å². The van der Waals surface area contributed by atoms with E-state index in [0.29, 0.717) is 6.54 Å². The molecule has 1 aromatic carbocycles. The van der Waals surface area contributed by atoms with E-state index in [0.717, 1.165) is 12.1 Å². The lowest BCUT2D eigenvalue weighted by molar-refractivity contribution is -0.274. The summed E-state index contributed by atoms with van der Waals surface area (Å²) in [7, 11) is 1.71. The Hall–Kier alpha value is -1.47. The minimum atomic E-state index is -4.74. The Kier molecular flexibility index (Phi) is 7.25. The number of benzene rings is 1. The van der Waals surface area contributed by atoms with E-state index in [2.05, 4.69) is 10.1 Å². The third-order valence-electron chi connectivity index (χ3n) is 1.91. The lowest BCUT2D eigenvalue weighted by atomic mass is 10.2. The van der Waals surface area contributed by atoms with Crippen molar-refractivity contribution in [2.75, 3.05) is 20.2 Å². The zero-order valence-corrected chi connectivity index (χ0v) is 10.8. The molecule has 0 bridgehead atoms. The molecule has 4 nitrogen and oxygen atoms in total. The fraction of sp³-hybridized carbons (Fsp3) is 0.364. The summed E-state index contributed by atoms with van der Waals surface area (Å²) in [4.78, 5) is 11.4. The molecule has 8 heteroatoms. The van der Waals surface area contributed by atoms with E-state index in [9.17, 15) is 18.0 Å². The maximum Gasteiger partial charge on any atom is 0.573 e. The van der Waals surface area contributed by atoms with Crippen LogP contribution in [0.25, 0.3) is 0 Å². The third kappa shape index (κ3) is 6.88. The summed E-state index contributed by atoms with van der Waals surface area (Å²) in [5, 5.41) is 2.79. The highest BCUT2D eigenvalue weighted by Crippen LogP contribution is 2.22. The minimum absolute atomic E-state index is 0. The summed E-state index contributed by atoms with van der Waals surface area (Å²) < 4.78 is 44.2. The molecule has 0 saturated heterocycles. The van der Waals surface area contributed by atoms with Gasteiger partial charge in [0.2, 0.25) is 0 Å². The SMILES string of the molecule is CNCCOC(=O)c1ccc(OC(F)(F)F)cc1.Cl. The van der Waals surface area contributed by atoms with Gasteiger partial charge in [-0.3, -0.25) is 0 Å². The van der Waals surface area contributed by atoms with E-state index < -0.39 is 12.3 Å². The summed E-state index contributed by atoms with van der Waals surface area (Å²) in [6.45, 7) is 0.692. The van der Waals surface area contributed by atoms with Gasteiger partial charge in [0.1, 0.15) is 12.4 Å². The van der Waals surface area contributed by atoms with Crippen molar-refractivity contribution in [3.05, 3.63) is 29.8 Å². The lowest BCUT2D eigenvalue weighted by Crippen LogP contribution is -2.18. The number of likely N-dealkylation sites (N-methyl/N-ethyl adjacent to an activating group) is 1. The first kappa shape index (κ1) is 17.5. The standard InChI is InChI=1S/C11H12F3NO3.ClH/c1-15-6-7-17-10(16)8-2-4-9(5-3-8)18-11(12,13)14;/h2-5,15H,6-7H2,1H3;1H. The van der Waals surface area contributed by atoms with Crippen molar-refractivity contribution in [1.82, 2.24) is 5.32 Å². The van der Waals surface area contributed by atoms with E-state index in [4.69, 9.17) is 4.74 Å². The predicted molar refractivity (Wildman–Crippen MR) is 64.6 cm³/mol. The smallest absolute Gasteiger partial charge is 0.461 e. The second-order valence-electron chi connectivity index (χ2n) is 3.31. The molecule has 0 aliphatic carbocycles. The number of halogens is 4. The van der Waals surface area contributed by atoms with Crippen molar-refractivity contribution in [2.45, 2.75) is 6.36 Å². The second kappa shape index (κ2) is 7.85. The van der Waals surface area contributed by atoms with Crippen LogP contribution in [0, 0.1) is 0 Å². The Bertz CT molecular complexity index is 395. The molecule has 0 fully saturated rings. The monoisotopic (exact) mass is 299 g/mol. The van der Waals surface area contributed by atoms with E-state index in [-0.39, 0.29) is 30.3 Å². The second-order valence-corrected chi connectivity index (χ2v) is 3.31. The van der Waals surface area contributed by atoms with Crippen molar-refractivity contribution in [2.24, 2.45) is 0 Å². The van der Waals surface area contributed by atoms with Gasteiger partial charge in [0.05, 0.1) is 5.56 Å². The number of rotatable bonds is 5. The molecule has 1 aromatic rings. The van der Waals surface area contributed by atoms with Crippen LogP contribution in [0.3, 0.4) is 0 Å². The number of carbonyl (C=O) groups is 1. The number of carbonyl (C=O) groups excluding carboxylic acids is 1. The summed E-state index contributed by atoms with van der Waals surface area (Å²) in [5.41, 5.74) is 0.167. The van der Waals surface area contributed by atoms with Crippen LogP contribution in [-0.4, -0.2) is 32.5 Å². The molecule has 1 rings (SSSR count). The molecule has 1 N–H and O–H groups in total. The first-order chi connectivity index (χ1) is 8.42. The van der Waals surface area contributed by atoms with Gasteiger partial charge in [-0.2, -0.15) is 0 Å². The minimum Gasteiger partial charge on any atom is -0.461 e. The Morgan fingerprint density at radius 2 is 1.84 bits per heavy atom. The quantitative estimate of drug-likeness (QED) is 0.670. The molecular weight excluding hydrogens is 287 g/mol. The van der Waals surface area contributed by atoms with Gasteiger partial charge in [0.25, 0.3) is 0 Å². The fourth-order valence-electron chi connectivity index (χ4n) is 1.12. The summed E-state index contributed by atoms with van der Waals surface area (Å²) in [5.74, 6) is -0.974. The number of hydrogen-bond acceptors (Lipinski definition) is 4. The molecule has 0 radical (unpaired) electrons. The Balaban J connectivity index is 0.00000324. The van der Waals surface area contributed by atoms with E-state index in [1.807, 2.05) is 0 Å². The molecule has 0 spiro atoms. The molecule has 0 heterocycles. The first-order valence-corrected chi connectivity index (χ1v) is 5.10. The van der Waals surface area contributed by atoms with Crippen LogP contribution in [-0.2, 0) is 4.74 Å². The first-order valence-electron chi connectivity index (χ1n) is 5.10. The average Bonchev–Trinajstić information content (AvgIpc) is 2.28. The highest BCUT2D eigenvalue weighted by molar-refractivity contribution is 5.89. The van der Waals surface area contributed by atoms with Crippen LogP contribution in [0.4, 0.5) is 13.2 Å². The molecule has 0 aromatic heterocycles. The number of ether oxygens (including phenoxy) is 2. The Morgan fingerprint density at radius 1 is 1.26 bits per heavy atom. The maximum absolute atomic E-state index is 11.9. The van der Waals surface area contributed by atoms with Crippen LogP contribution in [0.1, 0.15) is 10.4 Å². The number of alkyl halides is 3. The van der Waals surface area contributed by atoms with Gasteiger partial charge < -0.3 is 14.8 Å². The van der Waals surface area contributed by atoms with Crippen LogP contribution in [0.2, 0.25) is 0 Å². The van der Waals surface area contributed by atoms with Crippen LogP contribution in [0.15, 0.2) is 24.3 Å². The predicted octanol–water partition coefficient (Wildman–Crippen LogP) is 2.38. The van der Waals surface area contributed by atoms with Crippen molar-refractivity contribution < 1.29 is 27.4 Å². The molecule has 0 saturated carbocycles. The van der Waals surface area contributed by atoms with Gasteiger partial charge in [0, 0.05) is 6.54 Å². The molecule has 108 valence electrons. The molecule has 0 amide bonds. The summed E-state index contributed by atoms with van der Waals surface area (Å²) in [6, 6.07) is 4.54. The average molecular weight is 300 g/mol. The number of esters is 1. The van der Waals surface area contributed by atoms with Crippen LogP contribution >= 0.6 is 12.4 Å². The van der Waals surface area contributed by atoms with Crippen molar-refractivity contribution >= 4 is 18.4 Å². The number of nitrogens with one attached hydrogen (secondary N) is 1. The van der Waals surface area contributed by atoms with Gasteiger partial charge >= 0.3 is 12.3 Å². The van der Waals surface area contributed by atoms with Gasteiger partial charge in [-0.05, 0) is 31.3 Å². The van der Waals surface area contributed by atoms with Gasteiger partial charge in [0.15, 0.2) is 0 Å². The lowest BCUT2D eigenvalue weighted by Gasteiger charge is -2.09. The molecule has 0 atom stereocenters. The highest BCUT2D eigenvalue weighted by Gasteiger charge is 2.31. The van der Waals surface area contributed by atoms with Crippen LogP contribution < -0.4 is 10.1 Å². The number of hydrogen-bond donors (Lipinski definition) is 1. The normalized spacial score (nSPS) is 10.5.